The van der Waals surface area contributed by atoms with E-state index in [1.54, 1.807) is 0 Å². The van der Waals surface area contributed by atoms with E-state index < -0.39 is 40.6 Å². The van der Waals surface area contributed by atoms with E-state index in [0.717, 1.165) is 25.5 Å². The highest BCUT2D eigenvalue weighted by Gasteiger charge is 2.46. The fraction of sp³-hybridized carbons (Fsp3) is 0.579. The molecule has 0 N–H and O–H groups in total. The summed E-state index contributed by atoms with van der Waals surface area (Å²) in [7, 11) is 1.17. The average molecular weight is 488 g/mol. The molecule has 1 atom stereocenters. The van der Waals surface area contributed by atoms with Gasteiger partial charge >= 0.3 is 18.3 Å². The van der Waals surface area contributed by atoms with Crippen LogP contribution in [0.2, 0.25) is 0 Å². The minimum absolute atomic E-state index is 0.0406. The van der Waals surface area contributed by atoms with Gasteiger partial charge in [-0.05, 0) is 42.5 Å². The van der Waals surface area contributed by atoms with Crippen LogP contribution in [0.5, 0.6) is 0 Å². The van der Waals surface area contributed by atoms with Crippen LogP contribution in [0.25, 0.3) is 0 Å². The lowest BCUT2D eigenvalue weighted by Gasteiger charge is -2.36. The number of ether oxygens (including phenoxy) is 1. The maximum Gasteiger partial charge on any atom is 0.416 e. The van der Waals surface area contributed by atoms with Crippen LogP contribution in [-0.4, -0.2) is 30.2 Å². The van der Waals surface area contributed by atoms with Gasteiger partial charge in [0.2, 0.25) is 0 Å². The molecule has 1 saturated carbocycles. The SMILES string of the molecule is COC(=O)C(CBr)(/N=C/c1cc(C(F)(F)F)cc(C(F)(F)F)c1)C1CCCCC1. The summed E-state index contributed by atoms with van der Waals surface area (Å²) in [6.07, 6.45) is -4.99. The van der Waals surface area contributed by atoms with Gasteiger partial charge < -0.3 is 4.74 Å². The van der Waals surface area contributed by atoms with Crippen molar-refractivity contribution in [3.63, 3.8) is 0 Å². The van der Waals surface area contributed by atoms with Gasteiger partial charge in [0, 0.05) is 11.5 Å². The van der Waals surface area contributed by atoms with Gasteiger partial charge in [-0.2, -0.15) is 26.3 Å². The number of halogens is 7. The van der Waals surface area contributed by atoms with E-state index >= 15 is 0 Å². The molecule has 1 aromatic rings. The molecule has 162 valence electrons. The largest absolute Gasteiger partial charge is 0.467 e. The van der Waals surface area contributed by atoms with Gasteiger partial charge in [-0.25, -0.2) is 4.79 Å². The number of aliphatic imine (C=N–C) groups is 1. The monoisotopic (exact) mass is 487 g/mol. The molecule has 2 rings (SSSR count). The maximum atomic E-state index is 13.1. The molecule has 0 saturated heterocycles. The van der Waals surface area contributed by atoms with E-state index in [1.807, 2.05) is 0 Å². The quantitative estimate of drug-likeness (QED) is 0.220. The van der Waals surface area contributed by atoms with Gasteiger partial charge in [0.15, 0.2) is 5.54 Å². The highest BCUT2D eigenvalue weighted by molar-refractivity contribution is 9.09. The van der Waals surface area contributed by atoms with Gasteiger partial charge in [0.25, 0.3) is 0 Å². The first-order valence-electron chi connectivity index (χ1n) is 8.93. The molecule has 0 aliphatic heterocycles. The van der Waals surface area contributed by atoms with Gasteiger partial charge in [-0.3, -0.25) is 4.99 Å². The molecule has 10 heteroatoms. The van der Waals surface area contributed by atoms with E-state index in [1.165, 1.54) is 7.11 Å². The van der Waals surface area contributed by atoms with Crippen molar-refractivity contribution in [1.82, 2.24) is 0 Å². The van der Waals surface area contributed by atoms with Gasteiger partial charge in [-0.1, -0.05) is 35.2 Å². The molecule has 1 aromatic carbocycles. The van der Waals surface area contributed by atoms with Crippen LogP contribution >= 0.6 is 15.9 Å². The van der Waals surface area contributed by atoms with Crippen LogP contribution in [0.1, 0.15) is 48.8 Å². The normalized spacial score (nSPS) is 18.6. The van der Waals surface area contributed by atoms with Gasteiger partial charge in [0.05, 0.1) is 18.2 Å². The summed E-state index contributed by atoms with van der Waals surface area (Å²) in [6, 6.07) is 1.21. The van der Waals surface area contributed by atoms with Crippen molar-refractivity contribution >= 4 is 28.1 Å². The fourth-order valence-electron chi connectivity index (χ4n) is 3.52. The summed E-state index contributed by atoms with van der Waals surface area (Å²) >= 11 is 3.24. The Kier molecular flexibility index (Phi) is 7.40. The standard InChI is InChI=1S/C19H20BrF6NO2/c1-29-16(28)17(11-20,13-5-3-2-4-6-13)27-10-12-7-14(18(21,22)23)9-15(8-12)19(24,25)26/h7-10,13H,2-6,11H2,1H3/b27-10+. The molecule has 29 heavy (non-hydrogen) atoms. The predicted molar refractivity (Wildman–Crippen MR) is 99.2 cm³/mol. The molecule has 0 amide bonds. The van der Waals surface area contributed by atoms with Crippen molar-refractivity contribution in [1.29, 1.82) is 0 Å². The van der Waals surface area contributed by atoms with E-state index in [-0.39, 0.29) is 17.3 Å². The van der Waals surface area contributed by atoms with Gasteiger partial charge in [0.1, 0.15) is 0 Å². The molecule has 0 heterocycles. The van der Waals surface area contributed by atoms with Crippen LogP contribution in [0, 0.1) is 5.92 Å². The lowest BCUT2D eigenvalue weighted by Crippen LogP contribution is -2.47. The minimum Gasteiger partial charge on any atom is -0.467 e. The number of nitrogens with zero attached hydrogens (tertiary/aromatic N) is 1. The summed E-state index contributed by atoms with van der Waals surface area (Å²) < 4.78 is 83.2. The van der Waals surface area contributed by atoms with Crippen molar-refractivity contribution in [2.75, 3.05) is 12.4 Å². The van der Waals surface area contributed by atoms with Crippen LogP contribution in [0.15, 0.2) is 23.2 Å². The highest BCUT2D eigenvalue weighted by Crippen LogP contribution is 2.39. The first kappa shape index (κ1) is 23.7. The second kappa shape index (κ2) is 9.06. The summed E-state index contributed by atoms with van der Waals surface area (Å²) in [5.41, 5.74) is -4.68. The Morgan fingerprint density at radius 3 is 2.00 bits per heavy atom. The zero-order valence-corrected chi connectivity index (χ0v) is 17.1. The van der Waals surface area contributed by atoms with E-state index in [9.17, 15) is 31.1 Å². The molecule has 1 aliphatic carbocycles. The Morgan fingerprint density at radius 1 is 1.07 bits per heavy atom. The zero-order chi connectivity index (χ0) is 21.9. The predicted octanol–water partition coefficient (Wildman–Crippen LogP) is 6.03. The molecular weight excluding hydrogens is 468 g/mol. The summed E-state index contributed by atoms with van der Waals surface area (Å²) in [5.74, 6) is -0.909. The third-order valence-corrected chi connectivity index (χ3v) is 5.93. The molecule has 0 radical (unpaired) electrons. The van der Waals surface area contributed by atoms with E-state index in [2.05, 4.69) is 20.9 Å². The Bertz CT molecular complexity index is 724. The summed E-state index contributed by atoms with van der Waals surface area (Å²) in [5, 5.41) is 0.0406. The number of hydrogen-bond donors (Lipinski definition) is 0. The van der Waals surface area contributed by atoms with E-state index in [4.69, 9.17) is 4.74 Å². The highest BCUT2D eigenvalue weighted by atomic mass is 79.9. The third-order valence-electron chi connectivity index (χ3n) is 5.08. The Labute approximate surface area is 172 Å². The fourth-order valence-corrected chi connectivity index (χ4v) is 4.35. The first-order valence-corrected chi connectivity index (χ1v) is 10.1. The Hall–Kier alpha value is -1.58. The number of rotatable bonds is 5. The number of esters is 1. The molecule has 0 aromatic heterocycles. The number of carbonyl (C=O) groups is 1. The van der Waals surface area contributed by atoms with Gasteiger partial charge in [-0.15, -0.1) is 0 Å². The number of hydrogen-bond acceptors (Lipinski definition) is 3. The van der Waals surface area contributed by atoms with Crippen LogP contribution in [-0.2, 0) is 21.9 Å². The maximum absolute atomic E-state index is 13.1. The molecular formula is C19H20BrF6NO2. The van der Waals surface area contributed by atoms with Crippen molar-refractivity contribution in [3.05, 3.63) is 34.9 Å². The number of alkyl halides is 7. The van der Waals surface area contributed by atoms with Crippen molar-refractivity contribution in [3.8, 4) is 0 Å². The molecule has 0 bridgehead atoms. The second-order valence-electron chi connectivity index (χ2n) is 6.98. The van der Waals surface area contributed by atoms with E-state index in [0.29, 0.717) is 25.0 Å². The topological polar surface area (TPSA) is 38.7 Å². The van der Waals surface area contributed by atoms with Crippen molar-refractivity contribution in [2.24, 2.45) is 10.9 Å². The number of carbonyl (C=O) groups excluding carboxylic acids is 1. The Morgan fingerprint density at radius 2 is 1.59 bits per heavy atom. The average Bonchev–Trinajstić information content (AvgIpc) is 2.67. The minimum atomic E-state index is -4.96. The smallest absolute Gasteiger partial charge is 0.416 e. The van der Waals surface area contributed by atoms with Crippen molar-refractivity contribution in [2.45, 2.75) is 50.0 Å². The van der Waals surface area contributed by atoms with Crippen LogP contribution in [0.4, 0.5) is 26.3 Å². The number of benzene rings is 1. The molecule has 0 spiro atoms. The lowest BCUT2D eigenvalue weighted by molar-refractivity contribution is -0.148. The molecule has 1 fully saturated rings. The molecule has 1 unspecified atom stereocenters. The Balaban J connectivity index is 2.53. The zero-order valence-electron chi connectivity index (χ0n) is 15.5. The summed E-state index contributed by atoms with van der Waals surface area (Å²) in [4.78, 5) is 16.7. The first-order chi connectivity index (χ1) is 13.4. The lowest BCUT2D eigenvalue weighted by atomic mass is 9.76. The van der Waals surface area contributed by atoms with Crippen molar-refractivity contribution < 1.29 is 35.9 Å². The number of methoxy groups -OCH3 is 1. The third kappa shape index (κ3) is 5.52. The van der Waals surface area contributed by atoms with Crippen LogP contribution in [0.3, 0.4) is 0 Å². The molecule has 3 nitrogen and oxygen atoms in total. The second-order valence-corrected chi connectivity index (χ2v) is 7.54. The van der Waals surface area contributed by atoms with Crippen LogP contribution < -0.4 is 0 Å². The molecule has 1 aliphatic rings. The summed E-state index contributed by atoms with van der Waals surface area (Å²) in [6.45, 7) is 0.